The molecule has 10 heteroatoms. The van der Waals surface area contributed by atoms with Crippen molar-refractivity contribution in [3.05, 3.63) is 30.0 Å². The number of rotatable bonds is 7. The Bertz CT molecular complexity index is 816. The molecular formula is C17H22N6O4. The topological polar surface area (TPSA) is 155 Å². The average Bonchev–Trinajstić information content (AvgIpc) is 2.83. The molecular weight excluding hydrogens is 352 g/mol. The molecule has 1 amide bonds. The van der Waals surface area contributed by atoms with Crippen molar-refractivity contribution in [3.63, 3.8) is 0 Å². The SMILES string of the molecule is NC(=O)c1cnc(Nc2ccc3c(c2)NC[C@H](O)CO3)nc1NCCCO. The summed E-state index contributed by atoms with van der Waals surface area (Å²) in [4.78, 5) is 20.0. The van der Waals surface area contributed by atoms with Gasteiger partial charge in [0, 0.05) is 31.6 Å². The Balaban J connectivity index is 1.79. The lowest BCUT2D eigenvalue weighted by Crippen LogP contribution is -2.23. The zero-order valence-corrected chi connectivity index (χ0v) is 14.6. The van der Waals surface area contributed by atoms with Crippen molar-refractivity contribution in [2.24, 2.45) is 5.73 Å². The van der Waals surface area contributed by atoms with Crippen LogP contribution >= 0.6 is 0 Å². The number of nitrogens with one attached hydrogen (secondary N) is 3. The summed E-state index contributed by atoms with van der Waals surface area (Å²) in [5, 5.41) is 27.7. The minimum Gasteiger partial charge on any atom is -0.489 e. The summed E-state index contributed by atoms with van der Waals surface area (Å²) in [6, 6.07) is 5.39. The fourth-order valence-corrected chi connectivity index (χ4v) is 2.52. The maximum absolute atomic E-state index is 11.5. The van der Waals surface area contributed by atoms with Gasteiger partial charge in [-0.1, -0.05) is 0 Å². The van der Waals surface area contributed by atoms with Crippen molar-refractivity contribution < 1.29 is 19.7 Å². The average molecular weight is 374 g/mol. The number of nitrogens with zero attached hydrogens (tertiary/aromatic N) is 2. The predicted molar refractivity (Wildman–Crippen MR) is 100 cm³/mol. The Kier molecular flexibility index (Phi) is 5.89. The van der Waals surface area contributed by atoms with Crippen LogP contribution in [0.3, 0.4) is 0 Å². The van der Waals surface area contributed by atoms with Gasteiger partial charge in [0.25, 0.3) is 5.91 Å². The number of aliphatic hydroxyl groups excluding tert-OH is 2. The van der Waals surface area contributed by atoms with E-state index in [0.717, 1.165) is 5.69 Å². The van der Waals surface area contributed by atoms with E-state index in [0.29, 0.717) is 36.8 Å². The number of anilines is 4. The van der Waals surface area contributed by atoms with Crippen LogP contribution in [-0.4, -0.2) is 58.5 Å². The van der Waals surface area contributed by atoms with Crippen molar-refractivity contribution in [1.29, 1.82) is 0 Å². The van der Waals surface area contributed by atoms with E-state index in [1.807, 2.05) is 6.07 Å². The summed E-state index contributed by atoms with van der Waals surface area (Å²) in [5.41, 5.74) is 6.97. The van der Waals surface area contributed by atoms with Crippen LogP contribution in [0.4, 0.5) is 23.1 Å². The van der Waals surface area contributed by atoms with E-state index >= 15 is 0 Å². The summed E-state index contributed by atoms with van der Waals surface area (Å²) in [5.74, 6) is 0.584. The Morgan fingerprint density at radius 1 is 1.44 bits per heavy atom. The van der Waals surface area contributed by atoms with Gasteiger partial charge in [0.15, 0.2) is 0 Å². The molecule has 0 saturated heterocycles. The van der Waals surface area contributed by atoms with Crippen LogP contribution in [-0.2, 0) is 0 Å². The highest BCUT2D eigenvalue weighted by Gasteiger charge is 2.16. The molecule has 0 spiro atoms. The maximum atomic E-state index is 11.5. The molecule has 0 bridgehead atoms. The Labute approximate surface area is 155 Å². The van der Waals surface area contributed by atoms with Crippen molar-refractivity contribution in [1.82, 2.24) is 9.97 Å². The first kappa shape index (κ1) is 18.7. The van der Waals surface area contributed by atoms with E-state index in [-0.39, 0.29) is 24.7 Å². The molecule has 1 aliphatic rings. The second-order valence-electron chi connectivity index (χ2n) is 6.01. The highest BCUT2D eigenvalue weighted by Crippen LogP contribution is 2.30. The van der Waals surface area contributed by atoms with Crippen LogP contribution in [0.1, 0.15) is 16.8 Å². The smallest absolute Gasteiger partial charge is 0.254 e. The van der Waals surface area contributed by atoms with E-state index in [4.69, 9.17) is 15.6 Å². The van der Waals surface area contributed by atoms with Gasteiger partial charge in [-0.25, -0.2) is 4.98 Å². The second-order valence-corrected chi connectivity index (χ2v) is 6.01. The van der Waals surface area contributed by atoms with E-state index in [9.17, 15) is 9.90 Å². The minimum atomic E-state index is -0.641. The summed E-state index contributed by atoms with van der Waals surface area (Å²) in [6.07, 6.45) is 1.28. The van der Waals surface area contributed by atoms with Gasteiger partial charge in [0.05, 0.1) is 11.3 Å². The van der Waals surface area contributed by atoms with Gasteiger partial charge in [0.2, 0.25) is 5.95 Å². The number of ether oxygens (including phenoxy) is 1. The lowest BCUT2D eigenvalue weighted by molar-refractivity contribution is 0.100. The molecule has 0 aliphatic carbocycles. The van der Waals surface area contributed by atoms with Crippen LogP contribution < -0.4 is 26.4 Å². The number of hydrogen-bond acceptors (Lipinski definition) is 9. The lowest BCUT2D eigenvalue weighted by atomic mass is 10.2. The van der Waals surface area contributed by atoms with Crippen molar-refractivity contribution in [3.8, 4) is 5.75 Å². The van der Waals surface area contributed by atoms with Crippen molar-refractivity contribution in [2.75, 3.05) is 42.3 Å². The highest BCUT2D eigenvalue weighted by atomic mass is 16.5. The first-order valence-electron chi connectivity index (χ1n) is 8.54. The molecule has 0 radical (unpaired) electrons. The Morgan fingerprint density at radius 2 is 2.30 bits per heavy atom. The molecule has 10 nitrogen and oxygen atoms in total. The molecule has 1 aromatic heterocycles. The molecule has 7 N–H and O–H groups in total. The van der Waals surface area contributed by atoms with Gasteiger partial charge in [-0.2, -0.15) is 4.98 Å². The molecule has 1 aliphatic heterocycles. The van der Waals surface area contributed by atoms with Crippen LogP contribution in [0.15, 0.2) is 24.4 Å². The molecule has 0 saturated carbocycles. The first-order valence-corrected chi connectivity index (χ1v) is 8.54. The molecule has 1 atom stereocenters. The van der Waals surface area contributed by atoms with Crippen LogP contribution in [0.2, 0.25) is 0 Å². The quantitative estimate of drug-likeness (QED) is 0.375. The third-order valence-corrected chi connectivity index (χ3v) is 3.88. The number of aromatic nitrogens is 2. The fraction of sp³-hybridized carbons (Fsp3) is 0.353. The highest BCUT2D eigenvalue weighted by molar-refractivity contribution is 5.97. The van der Waals surface area contributed by atoms with Gasteiger partial charge in [0.1, 0.15) is 24.3 Å². The molecule has 1 aromatic carbocycles. The molecule has 2 heterocycles. The molecule has 2 aromatic rings. The molecule has 27 heavy (non-hydrogen) atoms. The minimum absolute atomic E-state index is 0.0218. The number of carbonyl (C=O) groups is 1. The number of hydrogen-bond donors (Lipinski definition) is 6. The van der Waals surface area contributed by atoms with Gasteiger partial charge >= 0.3 is 0 Å². The molecule has 144 valence electrons. The maximum Gasteiger partial charge on any atom is 0.254 e. The van der Waals surface area contributed by atoms with Gasteiger partial charge < -0.3 is 36.6 Å². The van der Waals surface area contributed by atoms with Crippen molar-refractivity contribution >= 4 is 29.0 Å². The zero-order valence-electron chi connectivity index (χ0n) is 14.6. The predicted octanol–water partition coefficient (Wildman–Crippen LogP) is 0.279. The number of benzene rings is 1. The van der Waals surface area contributed by atoms with Gasteiger partial charge in [-0.15, -0.1) is 0 Å². The number of primary amides is 1. The van der Waals surface area contributed by atoms with Crippen molar-refractivity contribution in [2.45, 2.75) is 12.5 Å². The number of amides is 1. The first-order chi connectivity index (χ1) is 13.1. The molecule has 3 rings (SSSR count). The summed E-state index contributed by atoms with van der Waals surface area (Å²) in [6.45, 7) is 1.08. The third-order valence-electron chi connectivity index (χ3n) is 3.88. The van der Waals surface area contributed by atoms with E-state index in [1.165, 1.54) is 6.20 Å². The van der Waals surface area contributed by atoms with Crippen LogP contribution in [0.25, 0.3) is 0 Å². The fourth-order valence-electron chi connectivity index (χ4n) is 2.52. The van der Waals surface area contributed by atoms with Crippen LogP contribution in [0, 0.1) is 0 Å². The van der Waals surface area contributed by atoms with E-state index in [1.54, 1.807) is 12.1 Å². The monoisotopic (exact) mass is 374 g/mol. The summed E-state index contributed by atoms with van der Waals surface area (Å²) in [7, 11) is 0. The second kappa shape index (κ2) is 8.52. The summed E-state index contributed by atoms with van der Waals surface area (Å²) < 4.78 is 5.53. The Hall–Kier alpha value is -3.11. The van der Waals surface area contributed by atoms with Crippen LogP contribution in [0.5, 0.6) is 5.75 Å². The zero-order chi connectivity index (χ0) is 19.2. The number of β-amino-alcohol motifs (C(OH)–C–C–N with tert-alkyl or cyclic N) is 1. The largest absolute Gasteiger partial charge is 0.489 e. The van der Waals surface area contributed by atoms with E-state index in [2.05, 4.69) is 25.9 Å². The summed E-state index contributed by atoms with van der Waals surface area (Å²) >= 11 is 0. The molecule has 0 fully saturated rings. The number of fused-ring (bicyclic) bond motifs is 1. The third kappa shape index (κ3) is 4.74. The van der Waals surface area contributed by atoms with Gasteiger partial charge in [-0.05, 0) is 24.6 Å². The molecule has 0 unspecified atom stereocenters. The van der Waals surface area contributed by atoms with E-state index < -0.39 is 12.0 Å². The standard InChI is InChI=1S/C17H22N6O4/c18-15(26)12-8-21-17(23-16(12)19-4-1-5-24)22-10-2-3-14-13(6-10)20-7-11(25)9-27-14/h2-3,6,8,11,20,24-25H,1,4-5,7,9H2,(H2,18,26)(H2,19,21,22,23)/t11-/m0/s1. The number of aliphatic hydroxyl groups is 2. The van der Waals surface area contributed by atoms with Gasteiger partial charge in [-0.3, -0.25) is 4.79 Å². The normalized spacial score (nSPS) is 15.7. The number of nitrogens with two attached hydrogens (primary N) is 1. The Morgan fingerprint density at radius 3 is 3.07 bits per heavy atom. The lowest BCUT2D eigenvalue weighted by Gasteiger charge is -2.13. The number of carbonyl (C=O) groups excluding carboxylic acids is 1.